The molecular formula is C22H38N2Si. The molecule has 0 bridgehead atoms. The van der Waals surface area contributed by atoms with E-state index in [1.165, 1.54) is 49.9 Å². The molecule has 8 atom stereocenters. The fourth-order valence-corrected chi connectivity index (χ4v) is 20.2. The lowest BCUT2D eigenvalue weighted by molar-refractivity contribution is 0.264. The first-order valence-electron chi connectivity index (χ1n) is 11.9. The van der Waals surface area contributed by atoms with Gasteiger partial charge in [0.15, 0.2) is 0 Å². The van der Waals surface area contributed by atoms with Crippen LogP contribution in [0.2, 0.25) is 22.2 Å². The highest BCUT2D eigenvalue weighted by molar-refractivity contribution is 6.87. The smallest absolute Gasteiger partial charge is 0.0697 e. The van der Waals surface area contributed by atoms with E-state index < -0.39 is 8.07 Å². The van der Waals surface area contributed by atoms with Crippen LogP contribution in [0, 0.1) is 11.8 Å². The molecule has 0 aromatic carbocycles. The molecule has 4 heterocycles. The van der Waals surface area contributed by atoms with Crippen LogP contribution in [0.4, 0.5) is 0 Å². The summed E-state index contributed by atoms with van der Waals surface area (Å²) in [4.78, 5) is 0. The minimum absolute atomic E-state index is 0.953. The predicted octanol–water partition coefficient (Wildman–Crippen LogP) is 4.83. The maximum Gasteiger partial charge on any atom is 0.0697 e. The number of rotatable bonds is 0. The molecular weight excluding hydrogens is 320 g/mol. The molecule has 6 aliphatic rings. The van der Waals surface area contributed by atoms with Crippen molar-refractivity contribution < 1.29 is 0 Å². The van der Waals surface area contributed by atoms with Gasteiger partial charge in [-0.15, -0.1) is 0 Å². The molecule has 140 valence electrons. The molecule has 2 aliphatic carbocycles. The highest BCUT2D eigenvalue weighted by Gasteiger charge is 2.73. The zero-order valence-corrected chi connectivity index (χ0v) is 17.0. The quantitative estimate of drug-likeness (QED) is 0.606. The van der Waals surface area contributed by atoms with Crippen LogP contribution >= 0.6 is 0 Å². The fourth-order valence-electron chi connectivity index (χ4n) is 9.92. The molecule has 3 heteroatoms. The second-order valence-corrected chi connectivity index (χ2v) is 15.5. The SMILES string of the molecule is C1CCC2C(C1)C1NCCCC1[Si]21C2CCCCC2C2NCCCC21. The average Bonchev–Trinajstić information content (AvgIpc) is 3.16. The lowest BCUT2D eigenvalue weighted by atomic mass is 9.81. The molecule has 2 saturated carbocycles. The highest BCUT2D eigenvalue weighted by Crippen LogP contribution is 2.74. The van der Waals surface area contributed by atoms with Crippen molar-refractivity contribution in [3.63, 3.8) is 0 Å². The second-order valence-electron chi connectivity index (χ2n) is 10.6. The number of hydrogen-bond acceptors (Lipinski definition) is 2. The van der Waals surface area contributed by atoms with Crippen molar-refractivity contribution >= 4 is 8.07 Å². The third kappa shape index (κ3) is 2.04. The zero-order valence-electron chi connectivity index (χ0n) is 16.0. The standard InChI is InChI=1S/C22H38N2Si/c1-3-9-17-15(7-1)21-19(11-5-13-23-21)25(17)18-10-4-2-8-16(18)22-20(25)12-6-14-24-22/h15-24H,1-14H2. The summed E-state index contributed by atoms with van der Waals surface area (Å²) < 4.78 is 0. The van der Waals surface area contributed by atoms with Crippen molar-refractivity contribution in [1.82, 2.24) is 10.6 Å². The minimum Gasteiger partial charge on any atom is -0.314 e. The van der Waals surface area contributed by atoms with Crippen LogP contribution in [0.5, 0.6) is 0 Å². The van der Waals surface area contributed by atoms with Crippen molar-refractivity contribution in [2.75, 3.05) is 13.1 Å². The summed E-state index contributed by atoms with van der Waals surface area (Å²) in [5.74, 6) is 2.18. The largest absolute Gasteiger partial charge is 0.314 e. The van der Waals surface area contributed by atoms with Gasteiger partial charge in [0, 0.05) is 12.1 Å². The van der Waals surface area contributed by atoms with Gasteiger partial charge in [-0.05, 0) is 72.8 Å². The van der Waals surface area contributed by atoms with E-state index in [4.69, 9.17) is 0 Å². The molecule has 8 unspecified atom stereocenters. The van der Waals surface area contributed by atoms with E-state index in [1.807, 2.05) is 0 Å². The van der Waals surface area contributed by atoms with E-state index in [0.29, 0.717) is 0 Å². The molecule has 0 aromatic heterocycles. The Hall–Kier alpha value is 0.137. The zero-order chi connectivity index (χ0) is 16.4. The molecule has 6 fully saturated rings. The first-order chi connectivity index (χ1) is 12.4. The number of piperidine rings is 2. The Labute approximate surface area is 155 Å². The Morgan fingerprint density at radius 2 is 0.920 bits per heavy atom. The van der Waals surface area contributed by atoms with Gasteiger partial charge in [0.1, 0.15) is 0 Å². The van der Waals surface area contributed by atoms with Crippen LogP contribution in [0.1, 0.15) is 77.0 Å². The van der Waals surface area contributed by atoms with E-state index in [1.54, 1.807) is 51.4 Å². The van der Waals surface area contributed by atoms with Crippen LogP contribution in [0.25, 0.3) is 0 Å². The van der Waals surface area contributed by atoms with Crippen molar-refractivity contribution in [3.05, 3.63) is 0 Å². The molecule has 6 rings (SSSR count). The maximum absolute atomic E-state index is 4.14. The van der Waals surface area contributed by atoms with Gasteiger partial charge in [0.05, 0.1) is 8.07 Å². The molecule has 4 aliphatic heterocycles. The molecule has 25 heavy (non-hydrogen) atoms. The molecule has 0 amide bonds. The Morgan fingerprint density at radius 1 is 0.480 bits per heavy atom. The lowest BCUT2D eigenvalue weighted by Gasteiger charge is -2.49. The fraction of sp³-hybridized carbons (Fsp3) is 1.00. The molecule has 0 radical (unpaired) electrons. The summed E-state index contributed by atoms with van der Waals surface area (Å²) in [5, 5.41) is 8.27. The first-order valence-corrected chi connectivity index (χ1v) is 14.2. The Kier molecular flexibility index (Phi) is 3.91. The predicted molar refractivity (Wildman–Crippen MR) is 107 cm³/mol. The Morgan fingerprint density at radius 3 is 1.44 bits per heavy atom. The minimum atomic E-state index is -1.24. The van der Waals surface area contributed by atoms with Gasteiger partial charge < -0.3 is 10.6 Å². The molecule has 0 aromatic rings. The summed E-state index contributed by atoms with van der Waals surface area (Å²) in [6.07, 6.45) is 18.8. The van der Waals surface area contributed by atoms with E-state index >= 15 is 0 Å². The maximum atomic E-state index is 4.14. The van der Waals surface area contributed by atoms with Gasteiger partial charge in [-0.25, -0.2) is 0 Å². The monoisotopic (exact) mass is 358 g/mol. The van der Waals surface area contributed by atoms with Gasteiger partial charge in [-0.2, -0.15) is 0 Å². The third-order valence-electron chi connectivity index (χ3n) is 10.1. The van der Waals surface area contributed by atoms with Crippen LogP contribution in [0.15, 0.2) is 0 Å². The highest BCUT2D eigenvalue weighted by atomic mass is 28.3. The van der Waals surface area contributed by atoms with Crippen LogP contribution in [-0.4, -0.2) is 33.2 Å². The number of hydrogen-bond donors (Lipinski definition) is 2. The molecule has 2 nitrogen and oxygen atoms in total. The number of fused-ring (bicyclic) bond motifs is 10. The van der Waals surface area contributed by atoms with Gasteiger partial charge in [-0.1, -0.05) is 51.4 Å². The van der Waals surface area contributed by atoms with Crippen molar-refractivity contribution in [2.24, 2.45) is 11.8 Å². The average molecular weight is 359 g/mol. The van der Waals surface area contributed by atoms with Crippen molar-refractivity contribution in [2.45, 2.75) is 111 Å². The summed E-state index contributed by atoms with van der Waals surface area (Å²) in [6.45, 7) is 2.66. The van der Waals surface area contributed by atoms with E-state index in [9.17, 15) is 0 Å². The van der Waals surface area contributed by atoms with Crippen molar-refractivity contribution in [3.8, 4) is 0 Å². The van der Waals surface area contributed by atoms with Crippen LogP contribution < -0.4 is 10.6 Å². The normalized spacial score (nSPS) is 57.6. The summed E-state index contributed by atoms with van der Waals surface area (Å²) in [5.41, 5.74) is 4.74. The molecule has 2 N–H and O–H groups in total. The molecule has 1 spiro atoms. The van der Waals surface area contributed by atoms with Gasteiger partial charge in [-0.3, -0.25) is 0 Å². The Bertz CT molecular complexity index is 429. The number of nitrogens with one attached hydrogen (secondary N) is 2. The summed E-state index contributed by atoms with van der Waals surface area (Å²) >= 11 is 0. The van der Waals surface area contributed by atoms with E-state index in [0.717, 1.165) is 35.0 Å². The van der Waals surface area contributed by atoms with Gasteiger partial charge in [0.25, 0.3) is 0 Å². The van der Waals surface area contributed by atoms with Gasteiger partial charge in [0.2, 0.25) is 0 Å². The van der Waals surface area contributed by atoms with Gasteiger partial charge >= 0.3 is 0 Å². The van der Waals surface area contributed by atoms with E-state index in [2.05, 4.69) is 10.6 Å². The van der Waals surface area contributed by atoms with Crippen LogP contribution in [0.3, 0.4) is 0 Å². The topological polar surface area (TPSA) is 24.1 Å². The van der Waals surface area contributed by atoms with Crippen LogP contribution in [-0.2, 0) is 0 Å². The lowest BCUT2D eigenvalue weighted by Crippen LogP contribution is -2.53. The van der Waals surface area contributed by atoms with E-state index in [-0.39, 0.29) is 0 Å². The first kappa shape index (κ1) is 16.1. The Balaban J connectivity index is 1.50. The summed E-state index contributed by atoms with van der Waals surface area (Å²) in [7, 11) is -1.24. The second kappa shape index (κ2) is 6.07. The molecule has 4 saturated heterocycles. The van der Waals surface area contributed by atoms with Crippen molar-refractivity contribution in [1.29, 1.82) is 0 Å². The summed E-state index contributed by atoms with van der Waals surface area (Å²) in [6, 6.07) is 1.91. The third-order valence-corrected chi connectivity index (χ3v) is 18.0.